The average Bonchev–Trinajstić information content (AvgIpc) is 2.90. The fraction of sp³-hybridized carbons (Fsp3) is 0.250. The first kappa shape index (κ1) is 22.7. The molecular formula is C16H13ClF4N4O3S. The van der Waals surface area contributed by atoms with Crippen molar-refractivity contribution in [3.8, 4) is 6.07 Å². The summed E-state index contributed by atoms with van der Waals surface area (Å²) >= 11 is 5.96. The standard InChI is InChI=1S/C16H13ClF4N4O3S/c1-8(16(19,20)21)24-29(27,28)12-7-25(2)14(13(12)17)15(26)23-11-4-3-10(18)5-9(11)6-22/h3-5,7-8,24H,1-2H3,(H,23,26). The number of nitrogens with one attached hydrogen (secondary N) is 2. The number of nitriles is 1. The van der Waals surface area contributed by atoms with Gasteiger partial charge in [0.25, 0.3) is 5.91 Å². The number of halogens is 5. The molecule has 0 fully saturated rings. The van der Waals surface area contributed by atoms with Crippen LogP contribution in [0.25, 0.3) is 0 Å². The molecule has 1 aromatic heterocycles. The highest BCUT2D eigenvalue weighted by molar-refractivity contribution is 7.89. The largest absolute Gasteiger partial charge is 0.404 e. The highest BCUT2D eigenvalue weighted by Crippen LogP contribution is 2.30. The van der Waals surface area contributed by atoms with Gasteiger partial charge in [0.15, 0.2) is 0 Å². The van der Waals surface area contributed by atoms with Gasteiger partial charge in [-0.15, -0.1) is 0 Å². The maximum Gasteiger partial charge on any atom is 0.404 e. The highest BCUT2D eigenvalue weighted by atomic mass is 35.5. The molecular weight excluding hydrogens is 440 g/mol. The molecule has 2 N–H and O–H groups in total. The summed E-state index contributed by atoms with van der Waals surface area (Å²) in [5, 5.41) is 10.7. The van der Waals surface area contributed by atoms with E-state index < -0.39 is 43.9 Å². The van der Waals surface area contributed by atoms with E-state index in [1.165, 1.54) is 11.8 Å². The normalized spacial score (nSPS) is 13.0. The summed E-state index contributed by atoms with van der Waals surface area (Å²) in [6.07, 6.45) is -3.96. The van der Waals surface area contributed by atoms with E-state index in [4.69, 9.17) is 16.9 Å². The topological polar surface area (TPSA) is 104 Å². The Bertz CT molecular complexity index is 1110. The molecule has 2 aromatic rings. The third-order valence-electron chi connectivity index (χ3n) is 3.77. The van der Waals surface area contributed by atoms with Gasteiger partial charge in [0.2, 0.25) is 10.0 Å². The van der Waals surface area contributed by atoms with E-state index in [1.807, 2.05) is 0 Å². The first-order chi connectivity index (χ1) is 13.3. The molecule has 29 heavy (non-hydrogen) atoms. The Morgan fingerprint density at radius 1 is 1.34 bits per heavy atom. The maximum atomic E-state index is 13.2. The predicted molar refractivity (Wildman–Crippen MR) is 95.3 cm³/mol. The molecule has 0 spiro atoms. The maximum absolute atomic E-state index is 13.2. The lowest BCUT2D eigenvalue weighted by Gasteiger charge is -2.16. The fourth-order valence-corrected chi connectivity index (χ4v) is 4.21. The zero-order chi connectivity index (χ0) is 22.1. The van der Waals surface area contributed by atoms with E-state index in [9.17, 15) is 30.8 Å². The third-order valence-corrected chi connectivity index (χ3v) is 5.81. The van der Waals surface area contributed by atoms with Gasteiger partial charge >= 0.3 is 6.18 Å². The van der Waals surface area contributed by atoms with Crippen LogP contribution in [-0.4, -0.2) is 31.1 Å². The lowest BCUT2D eigenvalue weighted by atomic mass is 10.2. The van der Waals surface area contributed by atoms with Crippen LogP contribution in [0, 0.1) is 17.1 Å². The number of anilines is 1. The van der Waals surface area contributed by atoms with Crippen LogP contribution in [0.1, 0.15) is 23.0 Å². The minimum absolute atomic E-state index is 0.0654. The summed E-state index contributed by atoms with van der Waals surface area (Å²) in [6, 6.07) is 2.27. The number of aryl methyl sites for hydroxylation is 1. The van der Waals surface area contributed by atoms with E-state index in [0.717, 1.165) is 29.0 Å². The second-order valence-corrected chi connectivity index (χ2v) is 7.97. The summed E-state index contributed by atoms with van der Waals surface area (Å²) in [6.45, 7) is 0.611. The van der Waals surface area contributed by atoms with Crippen LogP contribution in [0.4, 0.5) is 23.2 Å². The second kappa shape index (κ2) is 8.02. The Morgan fingerprint density at radius 2 is 1.97 bits per heavy atom. The molecule has 13 heteroatoms. The number of carbonyl (C=O) groups is 1. The zero-order valence-corrected chi connectivity index (χ0v) is 16.4. The van der Waals surface area contributed by atoms with E-state index in [1.54, 1.807) is 6.07 Å². The Hall–Kier alpha value is -2.62. The Balaban J connectivity index is 2.39. The number of sulfonamides is 1. The van der Waals surface area contributed by atoms with Crippen molar-refractivity contribution in [2.45, 2.75) is 24.0 Å². The zero-order valence-electron chi connectivity index (χ0n) is 14.8. The van der Waals surface area contributed by atoms with Crippen molar-refractivity contribution in [1.82, 2.24) is 9.29 Å². The molecule has 0 aliphatic rings. The van der Waals surface area contributed by atoms with Gasteiger partial charge in [0.1, 0.15) is 28.5 Å². The Kier molecular flexibility index (Phi) is 6.27. The van der Waals surface area contributed by atoms with Crippen molar-refractivity contribution < 1.29 is 30.8 Å². The molecule has 1 amide bonds. The molecule has 1 unspecified atom stereocenters. The number of rotatable bonds is 5. The van der Waals surface area contributed by atoms with Gasteiger partial charge in [-0.25, -0.2) is 12.8 Å². The number of nitrogens with zero attached hydrogens (tertiary/aromatic N) is 2. The van der Waals surface area contributed by atoms with Crippen LogP contribution in [-0.2, 0) is 17.1 Å². The summed E-state index contributed by atoms with van der Waals surface area (Å²) in [4.78, 5) is 11.8. The van der Waals surface area contributed by atoms with Gasteiger partial charge in [0.05, 0.1) is 16.3 Å². The van der Waals surface area contributed by atoms with E-state index in [2.05, 4.69) is 5.32 Å². The highest BCUT2D eigenvalue weighted by Gasteiger charge is 2.40. The molecule has 7 nitrogen and oxygen atoms in total. The summed E-state index contributed by atoms with van der Waals surface area (Å²) in [5.41, 5.74) is -0.651. The number of benzene rings is 1. The van der Waals surface area contributed by atoms with Crippen molar-refractivity contribution in [3.05, 3.63) is 46.5 Å². The predicted octanol–water partition coefficient (Wildman–Crippen LogP) is 3.17. The monoisotopic (exact) mass is 452 g/mol. The van der Waals surface area contributed by atoms with Gasteiger partial charge in [-0.05, 0) is 25.1 Å². The van der Waals surface area contributed by atoms with Crippen molar-refractivity contribution in [2.75, 3.05) is 5.32 Å². The van der Waals surface area contributed by atoms with E-state index in [-0.39, 0.29) is 16.9 Å². The van der Waals surface area contributed by atoms with Gasteiger partial charge in [-0.1, -0.05) is 11.6 Å². The van der Waals surface area contributed by atoms with Gasteiger partial charge in [-0.2, -0.15) is 23.2 Å². The average molecular weight is 453 g/mol. The van der Waals surface area contributed by atoms with Crippen LogP contribution >= 0.6 is 11.6 Å². The van der Waals surface area contributed by atoms with Crippen LogP contribution in [0.5, 0.6) is 0 Å². The van der Waals surface area contributed by atoms with Crippen molar-refractivity contribution in [3.63, 3.8) is 0 Å². The summed E-state index contributed by atoms with van der Waals surface area (Å²) in [7, 11) is -3.45. The van der Waals surface area contributed by atoms with Crippen molar-refractivity contribution >= 4 is 33.2 Å². The first-order valence-corrected chi connectivity index (χ1v) is 9.59. The SMILES string of the molecule is CC(NS(=O)(=O)c1cn(C)c(C(=O)Nc2ccc(F)cc2C#N)c1Cl)C(F)(F)F. The number of carbonyl (C=O) groups excluding carboxylic acids is 1. The van der Waals surface area contributed by atoms with Crippen LogP contribution in [0.2, 0.25) is 5.02 Å². The third kappa shape index (κ3) is 4.87. The fourth-order valence-electron chi connectivity index (χ4n) is 2.28. The molecule has 0 aliphatic carbocycles. The number of alkyl halides is 3. The van der Waals surface area contributed by atoms with Gasteiger partial charge < -0.3 is 9.88 Å². The van der Waals surface area contributed by atoms with Crippen LogP contribution < -0.4 is 10.0 Å². The molecule has 1 atom stereocenters. The quantitative estimate of drug-likeness (QED) is 0.680. The smallest absolute Gasteiger partial charge is 0.344 e. The van der Waals surface area contributed by atoms with Gasteiger partial charge in [0, 0.05) is 13.2 Å². The van der Waals surface area contributed by atoms with E-state index >= 15 is 0 Å². The Labute approximate surface area is 167 Å². The molecule has 0 saturated heterocycles. The molecule has 156 valence electrons. The Morgan fingerprint density at radius 3 is 2.52 bits per heavy atom. The van der Waals surface area contributed by atoms with Crippen LogP contribution in [0.3, 0.4) is 0 Å². The first-order valence-electron chi connectivity index (χ1n) is 7.72. The van der Waals surface area contributed by atoms with Crippen LogP contribution in [0.15, 0.2) is 29.3 Å². The molecule has 1 heterocycles. The van der Waals surface area contributed by atoms with Crippen molar-refractivity contribution in [1.29, 1.82) is 5.26 Å². The second-order valence-electron chi connectivity index (χ2n) is 5.91. The summed E-state index contributed by atoms with van der Waals surface area (Å²) < 4.78 is 78.2. The number of hydrogen-bond acceptors (Lipinski definition) is 4. The molecule has 0 radical (unpaired) electrons. The lowest BCUT2D eigenvalue weighted by molar-refractivity contribution is -0.147. The minimum Gasteiger partial charge on any atom is -0.344 e. The number of aromatic nitrogens is 1. The molecule has 0 bridgehead atoms. The molecule has 1 aromatic carbocycles. The lowest BCUT2D eigenvalue weighted by Crippen LogP contribution is -2.42. The number of hydrogen-bond donors (Lipinski definition) is 2. The molecule has 2 rings (SSSR count). The number of amides is 1. The van der Waals surface area contributed by atoms with E-state index in [0.29, 0.717) is 6.92 Å². The summed E-state index contributed by atoms with van der Waals surface area (Å²) in [5.74, 6) is -1.67. The van der Waals surface area contributed by atoms with Crippen molar-refractivity contribution in [2.24, 2.45) is 7.05 Å². The van der Waals surface area contributed by atoms with Gasteiger partial charge in [-0.3, -0.25) is 4.79 Å². The molecule has 0 saturated carbocycles. The molecule has 0 aliphatic heterocycles. The minimum atomic E-state index is -4.83.